The fourth-order valence-electron chi connectivity index (χ4n) is 1.64. The molecule has 0 amide bonds. The third-order valence-electron chi connectivity index (χ3n) is 2.61. The molecule has 0 saturated heterocycles. The summed E-state index contributed by atoms with van der Waals surface area (Å²) >= 11 is 0. The molecule has 2 N–H and O–H groups in total. The fraction of sp³-hybridized carbons (Fsp3) is 0.417. The van der Waals surface area contributed by atoms with Crippen LogP contribution in [0.3, 0.4) is 0 Å². The van der Waals surface area contributed by atoms with Gasteiger partial charge in [-0.15, -0.1) is 0 Å². The Hall–Kier alpha value is -2.22. The molecule has 0 aliphatic heterocycles. The van der Waals surface area contributed by atoms with Crippen LogP contribution in [-0.2, 0) is 0 Å². The van der Waals surface area contributed by atoms with Gasteiger partial charge in [-0.2, -0.15) is 0 Å². The number of hydrogen-bond donors (Lipinski definition) is 2. The average Bonchev–Trinajstić information content (AvgIpc) is 2.34. The third-order valence-corrected chi connectivity index (χ3v) is 2.61. The zero-order valence-corrected chi connectivity index (χ0v) is 11.2. The highest BCUT2D eigenvalue weighted by atomic mass is 19.1. The van der Waals surface area contributed by atoms with Gasteiger partial charge in [-0.1, -0.05) is 0 Å². The number of benzene rings is 1. The second-order valence-electron chi connectivity index (χ2n) is 4.50. The fourth-order valence-corrected chi connectivity index (χ4v) is 1.64. The van der Waals surface area contributed by atoms with E-state index in [2.05, 4.69) is 5.32 Å². The number of rotatable bonds is 7. The van der Waals surface area contributed by atoms with Gasteiger partial charge in [0.1, 0.15) is 11.5 Å². The van der Waals surface area contributed by atoms with Crippen LogP contribution in [0.1, 0.15) is 16.8 Å². The van der Waals surface area contributed by atoms with Crippen molar-refractivity contribution in [3.8, 4) is 0 Å². The number of aromatic carboxylic acids is 1. The van der Waals surface area contributed by atoms with Crippen molar-refractivity contribution >= 4 is 17.3 Å². The normalized spacial score (nSPS) is 10.6. The van der Waals surface area contributed by atoms with Crippen LogP contribution in [0.15, 0.2) is 12.1 Å². The highest BCUT2D eigenvalue weighted by molar-refractivity contribution is 5.90. The number of carboxylic acids is 1. The molecule has 7 nitrogen and oxygen atoms in total. The van der Waals surface area contributed by atoms with E-state index in [1.807, 2.05) is 19.0 Å². The van der Waals surface area contributed by atoms with E-state index in [-0.39, 0.29) is 5.69 Å². The Balaban J connectivity index is 2.93. The summed E-state index contributed by atoms with van der Waals surface area (Å²) in [5, 5.41) is 22.4. The number of nitro benzene ring substituents is 1. The summed E-state index contributed by atoms with van der Waals surface area (Å²) in [6.07, 6.45) is 0.712. The average molecular weight is 285 g/mol. The van der Waals surface area contributed by atoms with Crippen molar-refractivity contribution in [2.24, 2.45) is 0 Å². The van der Waals surface area contributed by atoms with Crippen molar-refractivity contribution in [1.29, 1.82) is 0 Å². The molecule has 0 aliphatic rings. The van der Waals surface area contributed by atoms with Gasteiger partial charge in [0.2, 0.25) is 0 Å². The first kappa shape index (κ1) is 15.8. The molecule has 0 atom stereocenters. The van der Waals surface area contributed by atoms with Gasteiger partial charge in [0.05, 0.1) is 16.6 Å². The van der Waals surface area contributed by atoms with Crippen LogP contribution < -0.4 is 5.32 Å². The molecule has 0 aromatic heterocycles. The summed E-state index contributed by atoms with van der Waals surface area (Å²) in [6, 6.07) is 1.57. The topological polar surface area (TPSA) is 95.7 Å². The lowest BCUT2D eigenvalue weighted by atomic mass is 10.1. The molecule has 0 spiro atoms. The van der Waals surface area contributed by atoms with Crippen LogP contribution in [0.2, 0.25) is 0 Å². The monoisotopic (exact) mass is 285 g/mol. The number of hydrogen-bond acceptors (Lipinski definition) is 5. The van der Waals surface area contributed by atoms with Gasteiger partial charge < -0.3 is 15.3 Å². The summed E-state index contributed by atoms with van der Waals surface area (Å²) in [7, 11) is 3.78. The maximum absolute atomic E-state index is 13.4. The molecule has 20 heavy (non-hydrogen) atoms. The molecule has 8 heteroatoms. The smallest absolute Gasteiger partial charge is 0.338 e. The molecule has 0 radical (unpaired) electrons. The number of carboxylic acid groups (broad SMARTS) is 1. The van der Waals surface area contributed by atoms with Crippen molar-refractivity contribution in [3.63, 3.8) is 0 Å². The zero-order chi connectivity index (χ0) is 15.3. The van der Waals surface area contributed by atoms with Crippen molar-refractivity contribution in [2.75, 3.05) is 32.5 Å². The van der Waals surface area contributed by atoms with E-state index in [0.717, 1.165) is 12.6 Å². The SMILES string of the molecule is CN(C)CCCNc1cc(C(=O)O)c(F)cc1[N+](=O)[O-]. The molecule has 0 saturated carbocycles. The van der Waals surface area contributed by atoms with Gasteiger partial charge in [0.25, 0.3) is 5.69 Å². The first-order chi connectivity index (χ1) is 9.32. The summed E-state index contributed by atoms with van der Waals surface area (Å²) in [5.74, 6) is -2.59. The summed E-state index contributed by atoms with van der Waals surface area (Å²) < 4.78 is 13.4. The largest absolute Gasteiger partial charge is 0.478 e. The van der Waals surface area contributed by atoms with Crippen LogP contribution in [-0.4, -0.2) is 48.1 Å². The Labute approximate surface area is 115 Å². The Morgan fingerprint density at radius 2 is 2.15 bits per heavy atom. The van der Waals surface area contributed by atoms with Crippen molar-refractivity contribution < 1.29 is 19.2 Å². The maximum Gasteiger partial charge on any atom is 0.338 e. The molecule has 0 heterocycles. The van der Waals surface area contributed by atoms with Crippen LogP contribution in [0.4, 0.5) is 15.8 Å². The lowest BCUT2D eigenvalue weighted by Crippen LogP contribution is -2.17. The van der Waals surface area contributed by atoms with Gasteiger partial charge in [-0.3, -0.25) is 10.1 Å². The minimum atomic E-state index is -1.46. The minimum absolute atomic E-state index is 0.00700. The quantitative estimate of drug-likeness (QED) is 0.450. The molecule has 0 unspecified atom stereocenters. The van der Waals surface area contributed by atoms with E-state index >= 15 is 0 Å². The number of nitrogens with one attached hydrogen (secondary N) is 1. The van der Waals surface area contributed by atoms with E-state index in [1.54, 1.807) is 0 Å². The minimum Gasteiger partial charge on any atom is -0.478 e. The molecule has 1 aromatic carbocycles. The first-order valence-corrected chi connectivity index (χ1v) is 5.92. The van der Waals surface area contributed by atoms with E-state index in [9.17, 15) is 19.3 Å². The summed E-state index contributed by atoms with van der Waals surface area (Å²) in [4.78, 5) is 22.9. The van der Waals surface area contributed by atoms with E-state index in [0.29, 0.717) is 19.0 Å². The zero-order valence-electron chi connectivity index (χ0n) is 11.2. The first-order valence-electron chi connectivity index (χ1n) is 5.92. The molecular formula is C12H16FN3O4. The van der Waals surface area contributed by atoms with Gasteiger partial charge in [0, 0.05) is 6.54 Å². The lowest BCUT2D eigenvalue weighted by Gasteiger charge is -2.11. The highest BCUT2D eigenvalue weighted by Crippen LogP contribution is 2.27. The van der Waals surface area contributed by atoms with E-state index in [1.165, 1.54) is 0 Å². The standard InChI is InChI=1S/C12H16FN3O4/c1-15(2)5-3-4-14-10-6-8(12(17)18)9(13)7-11(10)16(19)20/h6-7,14H,3-5H2,1-2H3,(H,17,18). The Bertz CT molecular complexity index is 520. The number of nitrogens with zero attached hydrogens (tertiary/aromatic N) is 2. The van der Waals surface area contributed by atoms with Crippen LogP contribution in [0, 0.1) is 15.9 Å². The highest BCUT2D eigenvalue weighted by Gasteiger charge is 2.21. The second-order valence-corrected chi connectivity index (χ2v) is 4.50. The van der Waals surface area contributed by atoms with Gasteiger partial charge >= 0.3 is 5.97 Å². The molecule has 110 valence electrons. The molecule has 0 fully saturated rings. The van der Waals surface area contributed by atoms with Crippen LogP contribution in [0.5, 0.6) is 0 Å². The summed E-state index contributed by atoms with van der Waals surface area (Å²) in [6.45, 7) is 1.19. The predicted molar refractivity (Wildman–Crippen MR) is 71.7 cm³/mol. The number of anilines is 1. The van der Waals surface area contributed by atoms with Crippen molar-refractivity contribution in [1.82, 2.24) is 4.90 Å². The predicted octanol–water partition coefficient (Wildman–Crippen LogP) is 1.80. The molecular weight excluding hydrogens is 269 g/mol. The second kappa shape index (κ2) is 6.80. The maximum atomic E-state index is 13.4. The Morgan fingerprint density at radius 3 is 2.65 bits per heavy atom. The van der Waals surface area contributed by atoms with E-state index in [4.69, 9.17) is 5.11 Å². The number of carbonyl (C=O) groups is 1. The number of halogens is 1. The van der Waals surface area contributed by atoms with Crippen molar-refractivity contribution in [2.45, 2.75) is 6.42 Å². The third kappa shape index (κ3) is 4.16. The molecule has 1 rings (SSSR count). The summed E-state index contributed by atoms with van der Waals surface area (Å²) in [5.41, 5.74) is -1.06. The van der Waals surface area contributed by atoms with Gasteiger partial charge in [-0.25, -0.2) is 9.18 Å². The van der Waals surface area contributed by atoms with Gasteiger partial charge in [-0.05, 0) is 33.1 Å². The molecule has 0 aliphatic carbocycles. The van der Waals surface area contributed by atoms with Crippen LogP contribution >= 0.6 is 0 Å². The van der Waals surface area contributed by atoms with Crippen LogP contribution in [0.25, 0.3) is 0 Å². The number of nitro groups is 1. The van der Waals surface area contributed by atoms with E-state index < -0.39 is 28.0 Å². The molecule has 0 bridgehead atoms. The Morgan fingerprint density at radius 1 is 1.50 bits per heavy atom. The lowest BCUT2D eigenvalue weighted by molar-refractivity contribution is -0.384. The van der Waals surface area contributed by atoms with Gasteiger partial charge in [0.15, 0.2) is 0 Å². The Kier molecular flexibility index (Phi) is 5.39. The molecule has 1 aromatic rings. The van der Waals surface area contributed by atoms with Crippen molar-refractivity contribution in [3.05, 3.63) is 33.6 Å².